The van der Waals surface area contributed by atoms with Crippen molar-refractivity contribution in [2.24, 2.45) is 0 Å². The van der Waals surface area contributed by atoms with E-state index < -0.39 is 5.92 Å². The molecule has 6 rings (SSSR count). The zero-order valence-corrected chi connectivity index (χ0v) is 21.9. The van der Waals surface area contributed by atoms with E-state index in [1.54, 1.807) is 36.5 Å². The Morgan fingerprint density at radius 3 is 2.80 bits per heavy atom. The van der Waals surface area contributed by atoms with Gasteiger partial charge in [0.25, 0.3) is 11.9 Å². The number of anilines is 2. The van der Waals surface area contributed by atoms with Crippen molar-refractivity contribution in [3.05, 3.63) is 91.1 Å². The van der Waals surface area contributed by atoms with E-state index in [0.717, 1.165) is 30.3 Å². The van der Waals surface area contributed by atoms with E-state index >= 15 is 0 Å². The minimum atomic E-state index is -3.23. The van der Waals surface area contributed by atoms with Crippen LogP contribution >= 0.6 is 0 Å². The molecule has 204 valence electrons. The highest BCUT2D eigenvalue weighted by Crippen LogP contribution is 2.39. The van der Waals surface area contributed by atoms with Crippen LogP contribution in [-0.2, 0) is 5.92 Å². The summed E-state index contributed by atoms with van der Waals surface area (Å²) in [6.07, 6.45) is 4.35. The smallest absolute Gasteiger partial charge is 0.300 e. The number of pyridine rings is 1. The fourth-order valence-corrected chi connectivity index (χ4v) is 4.91. The molecule has 0 spiro atoms. The molecule has 1 saturated heterocycles. The van der Waals surface area contributed by atoms with E-state index in [9.17, 15) is 8.78 Å². The third kappa shape index (κ3) is 5.20. The van der Waals surface area contributed by atoms with Gasteiger partial charge in [-0.3, -0.25) is 4.98 Å². The molecule has 0 amide bonds. The van der Waals surface area contributed by atoms with Crippen LogP contribution in [0, 0.1) is 0 Å². The quantitative estimate of drug-likeness (QED) is 0.192. The molecule has 1 aliphatic rings. The van der Waals surface area contributed by atoms with Crippen molar-refractivity contribution < 1.29 is 22.7 Å². The van der Waals surface area contributed by atoms with Crippen LogP contribution in [0.4, 0.5) is 20.5 Å². The lowest BCUT2D eigenvalue weighted by Crippen LogP contribution is -2.31. The first kappa shape index (κ1) is 25.8. The van der Waals surface area contributed by atoms with Crippen molar-refractivity contribution in [2.75, 3.05) is 25.5 Å². The average Bonchev–Trinajstić information content (AvgIpc) is 3.56. The fraction of sp³-hybridized carbons (Fsp3) is 0.226. The fourth-order valence-electron chi connectivity index (χ4n) is 4.91. The molecule has 1 fully saturated rings. The van der Waals surface area contributed by atoms with Gasteiger partial charge in [0.05, 0.1) is 11.1 Å². The number of ether oxygens (including phenoxy) is 2. The first-order valence-electron chi connectivity index (χ1n) is 13.1. The van der Waals surface area contributed by atoms with Crippen LogP contribution in [0.1, 0.15) is 18.4 Å². The third-order valence-electron chi connectivity index (χ3n) is 7.15. The summed E-state index contributed by atoms with van der Waals surface area (Å²) in [4.78, 5) is 11.1. The highest BCUT2D eigenvalue weighted by Gasteiger charge is 2.32. The molecule has 0 aliphatic carbocycles. The van der Waals surface area contributed by atoms with E-state index in [1.807, 2.05) is 37.4 Å². The lowest BCUT2D eigenvalue weighted by molar-refractivity contribution is 0.0481. The van der Waals surface area contributed by atoms with Gasteiger partial charge < -0.3 is 24.1 Å². The first-order chi connectivity index (χ1) is 19.4. The van der Waals surface area contributed by atoms with Crippen molar-refractivity contribution in [2.45, 2.75) is 24.8 Å². The van der Waals surface area contributed by atoms with Gasteiger partial charge in [0, 0.05) is 35.4 Å². The number of allylic oxidation sites excluding steroid dienone is 1. The first-order valence-corrected chi connectivity index (χ1v) is 13.1. The number of hydrogen-bond donors (Lipinski definition) is 1. The lowest BCUT2D eigenvalue weighted by atomic mass is 10.1. The zero-order valence-electron chi connectivity index (χ0n) is 21.9. The number of halogens is 2. The van der Waals surface area contributed by atoms with Gasteiger partial charge in [-0.25, -0.2) is 0 Å². The summed E-state index contributed by atoms with van der Waals surface area (Å²) in [7, 11) is 2.02. The number of para-hydroxylation sites is 1. The number of fused-ring (bicyclic) bond motifs is 2. The van der Waals surface area contributed by atoms with Crippen molar-refractivity contribution >= 4 is 33.7 Å². The highest BCUT2D eigenvalue weighted by atomic mass is 19.3. The third-order valence-corrected chi connectivity index (χ3v) is 7.15. The molecule has 0 bridgehead atoms. The summed E-state index contributed by atoms with van der Waals surface area (Å²) in [5.41, 5.74) is 2.23. The predicted molar refractivity (Wildman–Crippen MR) is 151 cm³/mol. The largest absolute Gasteiger partial charge is 0.491 e. The minimum absolute atomic E-state index is 0.0894. The molecular weight excluding hydrogens is 514 g/mol. The number of alkyl halides is 2. The minimum Gasteiger partial charge on any atom is -0.491 e. The van der Waals surface area contributed by atoms with Gasteiger partial charge in [0.2, 0.25) is 0 Å². The van der Waals surface area contributed by atoms with Crippen LogP contribution in [0.3, 0.4) is 0 Å². The normalized spacial score (nSPS) is 15.9. The molecular formula is C31H28F2N4O3. The van der Waals surface area contributed by atoms with E-state index in [4.69, 9.17) is 13.9 Å². The second-order valence-electron chi connectivity index (χ2n) is 9.83. The Bertz CT molecular complexity index is 1680. The molecule has 0 unspecified atom stereocenters. The van der Waals surface area contributed by atoms with Gasteiger partial charge in [-0.1, -0.05) is 18.7 Å². The molecule has 1 atom stereocenters. The molecule has 0 saturated carbocycles. The van der Waals surface area contributed by atoms with Gasteiger partial charge in [0.1, 0.15) is 29.4 Å². The van der Waals surface area contributed by atoms with Crippen LogP contribution in [0.2, 0.25) is 0 Å². The number of likely N-dealkylation sites (N-methyl/N-ethyl adjacent to an activating group) is 1. The summed E-state index contributed by atoms with van der Waals surface area (Å²) < 4.78 is 47.2. The number of benzene rings is 3. The summed E-state index contributed by atoms with van der Waals surface area (Å²) in [5.74, 6) is -1.87. The van der Waals surface area contributed by atoms with Gasteiger partial charge in [-0.15, -0.1) is 0 Å². The summed E-state index contributed by atoms with van der Waals surface area (Å²) >= 11 is 0. The van der Waals surface area contributed by atoms with Crippen LogP contribution < -0.4 is 14.8 Å². The van der Waals surface area contributed by atoms with E-state index in [1.165, 1.54) is 6.07 Å². The van der Waals surface area contributed by atoms with Gasteiger partial charge in [-0.05, 0) is 75.0 Å². The number of nitrogens with zero attached hydrogens (tertiary/aromatic N) is 3. The highest BCUT2D eigenvalue weighted by molar-refractivity contribution is 5.85. The number of oxazole rings is 1. The summed E-state index contributed by atoms with van der Waals surface area (Å²) in [5, 5.41) is 3.97. The Kier molecular flexibility index (Phi) is 6.81. The van der Waals surface area contributed by atoms with Crippen molar-refractivity contribution in [3.63, 3.8) is 0 Å². The SMILES string of the molecule is C=CC(F)(F)c1ccc(Nc2nc3cc(Oc4ccnc5ccccc45)ccc3o2)cc1OC[C@H]1CCCN1C. The Morgan fingerprint density at radius 2 is 1.98 bits per heavy atom. The molecule has 2 aromatic heterocycles. The number of likely N-dealkylation sites (tertiary alicyclic amines) is 1. The molecule has 9 heteroatoms. The van der Waals surface area contributed by atoms with Crippen LogP contribution in [0.5, 0.6) is 17.2 Å². The second kappa shape index (κ2) is 10.6. The lowest BCUT2D eigenvalue weighted by Gasteiger charge is -2.22. The number of hydrogen-bond acceptors (Lipinski definition) is 7. The van der Waals surface area contributed by atoms with Gasteiger partial charge in [0.15, 0.2) is 5.58 Å². The Balaban J connectivity index is 1.23. The Hall–Kier alpha value is -4.50. The maximum absolute atomic E-state index is 14.6. The standard InChI is InChI=1S/C31H28F2N4O3/c1-3-31(32,33)24-12-10-20(17-29(24)38-19-21-7-6-16-37(21)2)35-30-36-26-18-22(11-13-28(26)40-30)39-27-14-15-34-25-9-5-4-8-23(25)27/h3-5,8-15,17-18,21H,1,6-7,16,19H2,2H3,(H,35,36)/t21-/m1/s1. The van der Waals surface area contributed by atoms with Gasteiger partial charge >= 0.3 is 0 Å². The topological polar surface area (TPSA) is 72.7 Å². The molecule has 7 nitrogen and oxygen atoms in total. The van der Waals surface area contributed by atoms with Gasteiger partial charge in [-0.2, -0.15) is 13.8 Å². The number of rotatable bonds is 9. The monoisotopic (exact) mass is 542 g/mol. The molecule has 3 aromatic carbocycles. The molecule has 0 radical (unpaired) electrons. The molecule has 5 aromatic rings. The molecule has 40 heavy (non-hydrogen) atoms. The van der Waals surface area contributed by atoms with Crippen LogP contribution in [0.15, 0.2) is 90.0 Å². The summed E-state index contributed by atoms with van der Waals surface area (Å²) in [6, 6.07) is 19.7. The molecule has 1 N–H and O–H groups in total. The van der Waals surface area contributed by atoms with E-state index in [0.29, 0.717) is 41.0 Å². The molecule has 1 aliphatic heterocycles. The maximum atomic E-state index is 14.6. The second-order valence-corrected chi connectivity index (χ2v) is 9.83. The number of aromatic nitrogens is 2. The van der Waals surface area contributed by atoms with Crippen molar-refractivity contribution in [3.8, 4) is 17.2 Å². The van der Waals surface area contributed by atoms with E-state index in [2.05, 4.69) is 26.8 Å². The van der Waals surface area contributed by atoms with Crippen LogP contribution in [0.25, 0.3) is 22.0 Å². The maximum Gasteiger partial charge on any atom is 0.300 e. The summed E-state index contributed by atoms with van der Waals surface area (Å²) in [6.45, 7) is 4.58. The predicted octanol–water partition coefficient (Wildman–Crippen LogP) is 7.66. The molecule has 3 heterocycles. The van der Waals surface area contributed by atoms with Crippen molar-refractivity contribution in [1.82, 2.24) is 14.9 Å². The Morgan fingerprint density at radius 1 is 1.10 bits per heavy atom. The zero-order chi connectivity index (χ0) is 27.7. The van der Waals surface area contributed by atoms with Crippen LogP contribution in [-0.4, -0.2) is 41.1 Å². The van der Waals surface area contributed by atoms with E-state index in [-0.39, 0.29) is 23.4 Å². The average molecular weight is 543 g/mol. The van der Waals surface area contributed by atoms with Crippen molar-refractivity contribution in [1.29, 1.82) is 0 Å². The Labute approximate surface area is 230 Å². The number of nitrogens with one attached hydrogen (secondary N) is 1.